The zero-order chi connectivity index (χ0) is 15.4. The predicted molar refractivity (Wildman–Crippen MR) is 76.4 cm³/mol. The van der Waals surface area contributed by atoms with Gasteiger partial charge in [-0.1, -0.05) is 0 Å². The van der Waals surface area contributed by atoms with Crippen molar-refractivity contribution < 1.29 is 19.4 Å². The van der Waals surface area contributed by atoms with E-state index in [4.69, 9.17) is 15.6 Å². The van der Waals surface area contributed by atoms with Crippen LogP contribution in [0.1, 0.15) is 10.5 Å². The van der Waals surface area contributed by atoms with Gasteiger partial charge >= 0.3 is 5.97 Å². The number of benzene rings is 1. The Morgan fingerprint density at radius 3 is 2.86 bits per heavy atom. The number of carboxylic acids is 1. The summed E-state index contributed by atoms with van der Waals surface area (Å²) in [7, 11) is 1.47. The molecule has 1 heterocycles. The number of H-pyrrole nitrogens is 1. The molecule has 8 nitrogen and oxygen atoms in total. The van der Waals surface area contributed by atoms with Gasteiger partial charge in [0.2, 0.25) is 0 Å². The van der Waals surface area contributed by atoms with Crippen LogP contribution >= 0.6 is 0 Å². The molecule has 0 atom stereocenters. The molecule has 0 aliphatic rings. The minimum atomic E-state index is -1.06. The quantitative estimate of drug-likeness (QED) is 0.475. The van der Waals surface area contributed by atoms with E-state index in [1.54, 1.807) is 24.3 Å². The number of fused-ring (bicyclic) bond motifs is 1. The summed E-state index contributed by atoms with van der Waals surface area (Å²) in [4.78, 5) is 28.9. The molecule has 0 radical (unpaired) electrons. The number of hydrogen-bond donors (Lipinski definition) is 4. The van der Waals surface area contributed by atoms with Crippen molar-refractivity contribution in [3.05, 3.63) is 30.0 Å². The smallest absolute Gasteiger partial charge is 0.341 e. The molecule has 0 fully saturated rings. The minimum absolute atomic E-state index is 0.0177. The SMILES string of the molecule is CN=C(N)NC(=O)c1cc2ccc(OCC(=O)O)cc2[nH]1. The van der Waals surface area contributed by atoms with E-state index in [0.29, 0.717) is 17.0 Å². The number of nitrogens with two attached hydrogens (primary N) is 1. The number of aliphatic imine (C=N–C) groups is 1. The fourth-order valence-corrected chi connectivity index (χ4v) is 1.70. The van der Waals surface area contributed by atoms with Crippen LogP contribution < -0.4 is 15.8 Å². The molecular weight excluding hydrogens is 276 g/mol. The highest BCUT2D eigenvalue weighted by Gasteiger charge is 2.11. The third-order valence-corrected chi connectivity index (χ3v) is 2.68. The van der Waals surface area contributed by atoms with Crippen molar-refractivity contribution in [1.82, 2.24) is 10.3 Å². The second-order valence-corrected chi connectivity index (χ2v) is 4.18. The lowest BCUT2D eigenvalue weighted by atomic mass is 10.2. The number of aromatic amines is 1. The van der Waals surface area contributed by atoms with E-state index in [2.05, 4.69) is 15.3 Å². The summed E-state index contributed by atoms with van der Waals surface area (Å²) in [6.07, 6.45) is 0. The number of aliphatic carboxylic acids is 1. The van der Waals surface area contributed by atoms with Gasteiger partial charge in [-0.15, -0.1) is 0 Å². The number of hydrogen-bond acceptors (Lipinski definition) is 4. The van der Waals surface area contributed by atoms with Crippen LogP contribution in [0.3, 0.4) is 0 Å². The van der Waals surface area contributed by atoms with Gasteiger partial charge in [0, 0.05) is 24.0 Å². The average molecular weight is 290 g/mol. The normalized spacial score (nSPS) is 11.4. The molecule has 8 heteroatoms. The summed E-state index contributed by atoms with van der Waals surface area (Å²) in [6, 6.07) is 6.61. The van der Waals surface area contributed by atoms with E-state index in [0.717, 1.165) is 5.39 Å². The van der Waals surface area contributed by atoms with Crippen molar-refractivity contribution in [1.29, 1.82) is 0 Å². The van der Waals surface area contributed by atoms with Crippen LogP contribution in [0.5, 0.6) is 5.75 Å². The van der Waals surface area contributed by atoms with Gasteiger partial charge in [0.05, 0.1) is 0 Å². The van der Waals surface area contributed by atoms with Crippen molar-refractivity contribution in [3.8, 4) is 5.75 Å². The zero-order valence-corrected chi connectivity index (χ0v) is 11.2. The summed E-state index contributed by atoms with van der Waals surface area (Å²) in [6.45, 7) is -0.428. The molecule has 110 valence electrons. The molecule has 2 aromatic rings. The predicted octanol–water partition coefficient (Wildman–Crippen LogP) is 0.306. The van der Waals surface area contributed by atoms with Gasteiger partial charge in [-0.2, -0.15) is 0 Å². The first kappa shape index (κ1) is 14.4. The molecule has 1 aromatic heterocycles. The Balaban J connectivity index is 2.21. The molecule has 1 amide bonds. The average Bonchev–Trinajstić information content (AvgIpc) is 2.88. The molecule has 0 aliphatic heterocycles. The Labute approximate surface area is 119 Å². The highest BCUT2D eigenvalue weighted by Crippen LogP contribution is 2.21. The molecule has 0 bridgehead atoms. The van der Waals surface area contributed by atoms with Crippen LogP contribution in [0.15, 0.2) is 29.3 Å². The maximum absolute atomic E-state index is 11.9. The lowest BCUT2D eigenvalue weighted by Gasteiger charge is -2.02. The van der Waals surface area contributed by atoms with Gasteiger partial charge in [0.25, 0.3) is 5.91 Å². The maximum Gasteiger partial charge on any atom is 0.341 e. The second kappa shape index (κ2) is 5.95. The van der Waals surface area contributed by atoms with E-state index in [1.165, 1.54) is 7.05 Å². The Morgan fingerprint density at radius 1 is 1.43 bits per heavy atom. The van der Waals surface area contributed by atoms with E-state index in [9.17, 15) is 9.59 Å². The molecule has 0 unspecified atom stereocenters. The lowest BCUT2D eigenvalue weighted by Crippen LogP contribution is -2.36. The van der Waals surface area contributed by atoms with E-state index < -0.39 is 18.5 Å². The fraction of sp³-hybridized carbons (Fsp3) is 0.154. The Morgan fingerprint density at radius 2 is 2.19 bits per heavy atom. The van der Waals surface area contributed by atoms with Crippen LogP contribution in [-0.2, 0) is 4.79 Å². The minimum Gasteiger partial charge on any atom is -0.482 e. The number of nitrogens with one attached hydrogen (secondary N) is 2. The zero-order valence-electron chi connectivity index (χ0n) is 11.2. The first-order valence-corrected chi connectivity index (χ1v) is 6.00. The third kappa shape index (κ3) is 3.50. The number of carbonyl (C=O) groups is 2. The number of aromatic nitrogens is 1. The van der Waals surface area contributed by atoms with Crippen LogP contribution in [0.4, 0.5) is 0 Å². The molecule has 0 aliphatic carbocycles. The molecule has 21 heavy (non-hydrogen) atoms. The number of amides is 1. The summed E-state index contributed by atoms with van der Waals surface area (Å²) >= 11 is 0. The van der Waals surface area contributed by atoms with Gasteiger partial charge in [0.15, 0.2) is 12.6 Å². The summed E-state index contributed by atoms with van der Waals surface area (Å²) in [5.74, 6) is -1.06. The number of carbonyl (C=O) groups excluding carboxylic acids is 1. The van der Waals surface area contributed by atoms with Crippen molar-refractivity contribution >= 4 is 28.7 Å². The molecule has 5 N–H and O–H groups in total. The molecule has 1 aromatic carbocycles. The van der Waals surface area contributed by atoms with Gasteiger partial charge in [-0.3, -0.25) is 15.1 Å². The molecule has 0 spiro atoms. The van der Waals surface area contributed by atoms with Gasteiger partial charge < -0.3 is 20.6 Å². The van der Waals surface area contributed by atoms with Crippen molar-refractivity contribution in [2.45, 2.75) is 0 Å². The molecular formula is C13H14N4O4. The molecule has 0 saturated carbocycles. The van der Waals surface area contributed by atoms with E-state index >= 15 is 0 Å². The summed E-state index contributed by atoms with van der Waals surface area (Å²) in [5, 5.41) is 11.8. The van der Waals surface area contributed by atoms with Crippen LogP contribution in [0.25, 0.3) is 10.9 Å². The number of guanidine groups is 1. The van der Waals surface area contributed by atoms with Crippen LogP contribution in [0.2, 0.25) is 0 Å². The topological polar surface area (TPSA) is 130 Å². The number of ether oxygens (including phenoxy) is 1. The van der Waals surface area contributed by atoms with E-state index in [-0.39, 0.29) is 5.96 Å². The van der Waals surface area contributed by atoms with Gasteiger partial charge in [-0.25, -0.2) is 4.79 Å². The number of nitrogens with zero attached hydrogens (tertiary/aromatic N) is 1. The lowest BCUT2D eigenvalue weighted by molar-refractivity contribution is -0.139. The van der Waals surface area contributed by atoms with Crippen molar-refractivity contribution in [2.24, 2.45) is 10.7 Å². The standard InChI is InChI=1S/C13H14N4O4/c1-15-13(14)17-12(20)10-4-7-2-3-8(5-9(7)16-10)21-6-11(18)19/h2-5,16H,6H2,1H3,(H,18,19)(H3,14,15,17,20). The highest BCUT2D eigenvalue weighted by molar-refractivity contribution is 6.06. The van der Waals surface area contributed by atoms with Gasteiger partial charge in [0.1, 0.15) is 11.4 Å². The number of carboxylic acid groups (broad SMARTS) is 1. The Bertz CT molecular complexity index is 720. The van der Waals surface area contributed by atoms with Crippen LogP contribution in [-0.4, -0.2) is 41.6 Å². The first-order chi connectivity index (χ1) is 9.99. The Hall–Kier alpha value is -3.03. The Kier molecular flexibility index (Phi) is 4.07. The largest absolute Gasteiger partial charge is 0.482 e. The van der Waals surface area contributed by atoms with Crippen LogP contribution in [0, 0.1) is 0 Å². The monoisotopic (exact) mass is 290 g/mol. The first-order valence-electron chi connectivity index (χ1n) is 6.00. The molecule has 2 rings (SSSR count). The molecule has 0 saturated heterocycles. The van der Waals surface area contributed by atoms with Gasteiger partial charge in [-0.05, 0) is 18.2 Å². The fourth-order valence-electron chi connectivity index (χ4n) is 1.70. The second-order valence-electron chi connectivity index (χ2n) is 4.18. The summed E-state index contributed by atoms with van der Waals surface area (Å²) < 4.78 is 5.07. The third-order valence-electron chi connectivity index (χ3n) is 2.68. The van der Waals surface area contributed by atoms with Crippen molar-refractivity contribution in [2.75, 3.05) is 13.7 Å². The highest BCUT2D eigenvalue weighted by atomic mass is 16.5. The summed E-state index contributed by atoms with van der Waals surface area (Å²) in [5.41, 5.74) is 6.39. The maximum atomic E-state index is 11.9. The van der Waals surface area contributed by atoms with E-state index in [1.807, 2.05) is 0 Å². The number of rotatable bonds is 4. The van der Waals surface area contributed by atoms with Crippen molar-refractivity contribution in [3.63, 3.8) is 0 Å².